The normalized spacial score (nSPS) is 15.8. The van der Waals surface area contributed by atoms with Gasteiger partial charge in [-0.2, -0.15) is 0 Å². The predicted octanol–water partition coefficient (Wildman–Crippen LogP) is 5.40. The lowest BCUT2D eigenvalue weighted by Gasteiger charge is -2.19. The van der Waals surface area contributed by atoms with Gasteiger partial charge >= 0.3 is 0 Å². The first-order valence-electron chi connectivity index (χ1n) is 10.4. The van der Waals surface area contributed by atoms with Gasteiger partial charge in [-0.25, -0.2) is 0 Å². The summed E-state index contributed by atoms with van der Waals surface area (Å²) in [5, 5.41) is 2.93. The lowest BCUT2D eigenvalue weighted by Crippen LogP contribution is -2.28. The smallest absolute Gasteiger partial charge is 0.229 e. The van der Waals surface area contributed by atoms with Crippen molar-refractivity contribution in [2.24, 2.45) is 5.92 Å². The zero-order valence-electron chi connectivity index (χ0n) is 18.0. The number of nitrogens with zero attached hydrogens (tertiary/aromatic N) is 1. The van der Waals surface area contributed by atoms with Gasteiger partial charge in [0.15, 0.2) is 0 Å². The molecule has 0 saturated carbocycles. The van der Waals surface area contributed by atoms with Crippen molar-refractivity contribution in [1.29, 1.82) is 0 Å². The third-order valence-electron chi connectivity index (χ3n) is 5.50. The van der Waals surface area contributed by atoms with E-state index in [9.17, 15) is 9.59 Å². The molecule has 1 aliphatic rings. The van der Waals surface area contributed by atoms with E-state index >= 15 is 0 Å². The van der Waals surface area contributed by atoms with Gasteiger partial charge in [0.25, 0.3) is 0 Å². The van der Waals surface area contributed by atoms with E-state index in [4.69, 9.17) is 4.74 Å². The van der Waals surface area contributed by atoms with Crippen LogP contribution in [0.1, 0.15) is 23.1 Å². The van der Waals surface area contributed by atoms with Crippen LogP contribution in [0.15, 0.2) is 66.7 Å². The lowest BCUT2D eigenvalue weighted by atomic mass is 10.1. The number of hydrogen-bond donors (Lipinski definition) is 1. The first-order valence-corrected chi connectivity index (χ1v) is 10.4. The minimum Gasteiger partial charge on any atom is -0.457 e. The van der Waals surface area contributed by atoms with Crippen LogP contribution in [0.25, 0.3) is 0 Å². The monoisotopic (exact) mass is 414 g/mol. The van der Waals surface area contributed by atoms with Crippen LogP contribution < -0.4 is 15.0 Å². The number of nitrogens with one attached hydrogen (secondary N) is 1. The minimum absolute atomic E-state index is 0.0178. The van der Waals surface area contributed by atoms with Crippen molar-refractivity contribution in [3.63, 3.8) is 0 Å². The fourth-order valence-electron chi connectivity index (χ4n) is 3.79. The summed E-state index contributed by atoms with van der Waals surface area (Å²) >= 11 is 0. The summed E-state index contributed by atoms with van der Waals surface area (Å²) in [4.78, 5) is 27.1. The van der Waals surface area contributed by atoms with Gasteiger partial charge in [0.05, 0.1) is 5.92 Å². The van der Waals surface area contributed by atoms with E-state index in [1.165, 1.54) is 0 Å². The molecule has 1 heterocycles. The van der Waals surface area contributed by atoms with Gasteiger partial charge in [0.1, 0.15) is 11.5 Å². The molecule has 1 saturated heterocycles. The van der Waals surface area contributed by atoms with Crippen molar-refractivity contribution in [3.8, 4) is 11.5 Å². The molecule has 1 N–H and O–H groups in total. The van der Waals surface area contributed by atoms with Crippen molar-refractivity contribution in [1.82, 2.24) is 0 Å². The van der Waals surface area contributed by atoms with Gasteiger partial charge in [-0.05, 0) is 79.9 Å². The van der Waals surface area contributed by atoms with Crippen molar-refractivity contribution < 1.29 is 14.3 Å². The molecular formula is C26H26N2O3. The van der Waals surface area contributed by atoms with E-state index in [1.807, 2.05) is 87.5 Å². The van der Waals surface area contributed by atoms with Gasteiger partial charge in [-0.15, -0.1) is 0 Å². The van der Waals surface area contributed by atoms with Crippen LogP contribution in [0.3, 0.4) is 0 Å². The van der Waals surface area contributed by atoms with E-state index in [1.54, 1.807) is 4.90 Å². The summed E-state index contributed by atoms with van der Waals surface area (Å²) < 4.78 is 5.85. The molecule has 1 fully saturated rings. The van der Waals surface area contributed by atoms with Crippen LogP contribution in [0.5, 0.6) is 11.5 Å². The highest BCUT2D eigenvalue weighted by atomic mass is 16.5. The number of hydrogen-bond acceptors (Lipinski definition) is 3. The van der Waals surface area contributed by atoms with Crippen molar-refractivity contribution >= 4 is 23.2 Å². The molecule has 3 aromatic rings. The molecule has 0 aromatic heterocycles. The van der Waals surface area contributed by atoms with Crippen LogP contribution in [0.4, 0.5) is 11.4 Å². The second kappa shape index (κ2) is 8.64. The molecule has 0 spiro atoms. The quantitative estimate of drug-likeness (QED) is 0.608. The summed E-state index contributed by atoms with van der Waals surface area (Å²) in [6.45, 7) is 6.39. The van der Waals surface area contributed by atoms with Gasteiger partial charge < -0.3 is 15.0 Å². The van der Waals surface area contributed by atoms with Crippen molar-refractivity contribution in [3.05, 3.63) is 83.4 Å². The number of carbonyl (C=O) groups excluding carboxylic acids is 2. The lowest BCUT2D eigenvalue weighted by molar-refractivity contribution is -0.122. The van der Waals surface area contributed by atoms with Crippen LogP contribution in [0, 0.1) is 26.7 Å². The van der Waals surface area contributed by atoms with E-state index < -0.39 is 0 Å². The number of amides is 2. The molecule has 5 nitrogen and oxygen atoms in total. The maximum absolute atomic E-state index is 12.8. The van der Waals surface area contributed by atoms with Gasteiger partial charge in [-0.3, -0.25) is 9.59 Å². The Balaban J connectivity index is 1.39. The Morgan fingerprint density at radius 3 is 2.42 bits per heavy atom. The van der Waals surface area contributed by atoms with Gasteiger partial charge in [0.2, 0.25) is 11.8 Å². The molecule has 0 radical (unpaired) electrons. The molecule has 0 unspecified atom stereocenters. The van der Waals surface area contributed by atoms with Crippen LogP contribution in [-0.4, -0.2) is 18.4 Å². The third kappa shape index (κ3) is 4.77. The minimum atomic E-state index is -0.379. The molecule has 158 valence electrons. The van der Waals surface area contributed by atoms with E-state index in [0.29, 0.717) is 18.0 Å². The Kier molecular flexibility index (Phi) is 5.76. The second-order valence-electron chi connectivity index (χ2n) is 8.13. The van der Waals surface area contributed by atoms with E-state index in [2.05, 4.69) is 5.32 Å². The fraction of sp³-hybridized carbons (Fsp3) is 0.231. The topological polar surface area (TPSA) is 58.6 Å². The van der Waals surface area contributed by atoms with Crippen LogP contribution >= 0.6 is 0 Å². The summed E-state index contributed by atoms with van der Waals surface area (Å²) in [7, 11) is 0. The van der Waals surface area contributed by atoms with Crippen molar-refractivity contribution in [2.45, 2.75) is 27.2 Å². The number of carbonyl (C=O) groups is 2. The molecular weight excluding hydrogens is 388 g/mol. The predicted molar refractivity (Wildman–Crippen MR) is 123 cm³/mol. The number of ether oxygens (including phenoxy) is 1. The molecule has 1 aliphatic heterocycles. The average Bonchev–Trinajstić information content (AvgIpc) is 3.13. The van der Waals surface area contributed by atoms with E-state index in [0.717, 1.165) is 28.1 Å². The summed E-state index contributed by atoms with van der Waals surface area (Å²) in [5.74, 6) is 0.924. The van der Waals surface area contributed by atoms with Gasteiger partial charge in [-0.1, -0.05) is 24.3 Å². The van der Waals surface area contributed by atoms with Crippen molar-refractivity contribution in [2.75, 3.05) is 16.8 Å². The molecule has 5 heteroatoms. The number of anilines is 2. The summed E-state index contributed by atoms with van der Waals surface area (Å²) in [6, 6.07) is 21.1. The largest absolute Gasteiger partial charge is 0.457 e. The zero-order valence-corrected chi connectivity index (χ0v) is 18.0. The molecule has 0 aliphatic carbocycles. The Morgan fingerprint density at radius 2 is 1.68 bits per heavy atom. The zero-order chi connectivity index (χ0) is 22.0. The summed E-state index contributed by atoms with van der Waals surface area (Å²) in [6.07, 6.45) is 0.216. The first kappa shape index (κ1) is 20.7. The summed E-state index contributed by atoms with van der Waals surface area (Å²) in [5.41, 5.74) is 4.82. The molecule has 1 atom stereocenters. The highest BCUT2D eigenvalue weighted by molar-refractivity contribution is 6.03. The first-order chi connectivity index (χ1) is 14.9. The van der Waals surface area contributed by atoms with Crippen LogP contribution in [-0.2, 0) is 9.59 Å². The number of aryl methyl sites for hydroxylation is 3. The molecule has 31 heavy (non-hydrogen) atoms. The maximum Gasteiger partial charge on any atom is 0.229 e. The average molecular weight is 415 g/mol. The standard InChI is InChI=1S/C26H26N2O3/c1-17-5-4-6-23(13-17)31-22-11-9-21(10-12-22)27-26(30)20-15-25(29)28(16-20)24-14-18(2)7-8-19(24)3/h4-14,20H,15-16H2,1-3H3,(H,27,30)/t20-/m1/s1. The third-order valence-corrected chi connectivity index (χ3v) is 5.50. The second-order valence-corrected chi connectivity index (χ2v) is 8.13. The Morgan fingerprint density at radius 1 is 0.935 bits per heavy atom. The number of benzene rings is 3. The SMILES string of the molecule is Cc1cccc(Oc2ccc(NC(=O)[C@@H]3CC(=O)N(c4cc(C)ccc4C)C3)cc2)c1. The molecule has 3 aromatic carbocycles. The number of rotatable bonds is 5. The highest BCUT2D eigenvalue weighted by Crippen LogP contribution is 2.30. The fourth-order valence-corrected chi connectivity index (χ4v) is 3.79. The van der Waals surface area contributed by atoms with E-state index in [-0.39, 0.29) is 24.2 Å². The van der Waals surface area contributed by atoms with Gasteiger partial charge in [0, 0.05) is 24.3 Å². The molecule has 4 rings (SSSR count). The molecule has 2 amide bonds. The highest BCUT2D eigenvalue weighted by Gasteiger charge is 2.35. The Labute approximate surface area is 182 Å². The molecule has 0 bridgehead atoms. The maximum atomic E-state index is 12.8. The van der Waals surface area contributed by atoms with Crippen LogP contribution in [0.2, 0.25) is 0 Å². The Hall–Kier alpha value is -3.60. The Bertz CT molecular complexity index is 1120.